The molecule has 2 aliphatic heterocycles. The van der Waals surface area contributed by atoms with Crippen LogP contribution in [0.5, 0.6) is 0 Å². The zero-order valence-electron chi connectivity index (χ0n) is 16.3. The molecule has 0 fully saturated rings. The minimum absolute atomic E-state index is 0.660. The van der Waals surface area contributed by atoms with E-state index in [0.29, 0.717) is 16.9 Å². The van der Waals surface area contributed by atoms with Crippen molar-refractivity contribution in [2.75, 3.05) is 5.73 Å². The number of fused-ring (bicyclic) bond motifs is 4. The lowest BCUT2D eigenvalue weighted by Gasteiger charge is -2.06. The Morgan fingerprint density at radius 1 is 0.806 bits per heavy atom. The third-order valence-corrected chi connectivity index (χ3v) is 6.16. The number of aromatic nitrogens is 2. The Kier molecular flexibility index (Phi) is 4.11. The van der Waals surface area contributed by atoms with Crippen molar-refractivity contribution < 1.29 is 8.83 Å². The number of anilines is 1. The molecule has 0 atom stereocenters. The van der Waals surface area contributed by atoms with Gasteiger partial charge in [-0.2, -0.15) is 0 Å². The van der Waals surface area contributed by atoms with E-state index in [2.05, 4.69) is 4.98 Å². The fraction of sp³-hybridized carbons (Fsp3) is 0. The van der Waals surface area contributed by atoms with Crippen molar-refractivity contribution in [3.05, 3.63) is 95.7 Å². The number of para-hydroxylation sites is 5. The molecule has 0 amide bonds. The van der Waals surface area contributed by atoms with Crippen molar-refractivity contribution in [2.45, 2.75) is 9.79 Å². The first kappa shape index (κ1) is 17.9. The number of nitrogens with one attached hydrogen (secondary N) is 1. The maximum atomic E-state index is 6.28. The lowest BCUT2D eigenvalue weighted by molar-refractivity contribution is 0.560. The SMILES string of the molecule is Nc1ccccc1Sc1cc2oc3ccccc3nc-2c2[nH]c3ccccc3oc=2c1. The molecule has 0 saturated carbocycles. The van der Waals surface area contributed by atoms with E-state index in [9.17, 15) is 0 Å². The fourth-order valence-electron chi connectivity index (χ4n) is 3.62. The minimum Gasteiger partial charge on any atom is -0.453 e. The van der Waals surface area contributed by atoms with Gasteiger partial charge in [0.25, 0.3) is 0 Å². The fourth-order valence-corrected chi connectivity index (χ4v) is 4.54. The molecule has 6 heteroatoms. The third-order valence-electron chi connectivity index (χ3n) is 5.09. The molecule has 0 bridgehead atoms. The van der Waals surface area contributed by atoms with Crippen molar-refractivity contribution >= 4 is 39.6 Å². The summed E-state index contributed by atoms with van der Waals surface area (Å²) in [6.45, 7) is 0. The van der Waals surface area contributed by atoms with E-state index in [1.807, 2.05) is 84.9 Å². The number of nitrogens with two attached hydrogens (primary N) is 1. The molecule has 3 N–H and O–H groups in total. The maximum Gasteiger partial charge on any atom is 0.156 e. The average Bonchev–Trinajstić information content (AvgIpc) is 2.93. The zero-order chi connectivity index (χ0) is 20.8. The van der Waals surface area contributed by atoms with Crippen LogP contribution in [0, 0.1) is 10.8 Å². The Morgan fingerprint density at radius 2 is 1.58 bits per heavy atom. The predicted molar refractivity (Wildman–Crippen MR) is 123 cm³/mol. The summed E-state index contributed by atoms with van der Waals surface area (Å²) >= 11 is 1.56. The van der Waals surface area contributed by atoms with E-state index < -0.39 is 0 Å². The van der Waals surface area contributed by atoms with Crippen LogP contribution in [0.25, 0.3) is 33.7 Å². The first-order valence-corrected chi connectivity index (χ1v) is 10.7. The molecule has 150 valence electrons. The van der Waals surface area contributed by atoms with Gasteiger partial charge in [0.2, 0.25) is 0 Å². The smallest absolute Gasteiger partial charge is 0.156 e. The Morgan fingerprint density at radius 3 is 2.48 bits per heavy atom. The molecule has 0 unspecified atom stereocenters. The average molecular weight is 423 g/mol. The number of H-pyrrole nitrogens is 1. The Labute approximate surface area is 181 Å². The van der Waals surface area contributed by atoms with E-state index >= 15 is 0 Å². The van der Waals surface area contributed by atoms with Gasteiger partial charge in [0.15, 0.2) is 22.3 Å². The second-order valence-corrected chi connectivity index (χ2v) is 8.30. The first-order chi connectivity index (χ1) is 15.2. The molecule has 3 aliphatic rings. The number of aromatic amines is 1. The van der Waals surface area contributed by atoms with Crippen LogP contribution in [0.3, 0.4) is 0 Å². The molecule has 0 saturated heterocycles. The standard InChI is InChI=1S/C25H17N3O2S/c26-16-7-1-6-12-23(16)31-15-13-21-24(27-17-8-2-4-10-19(17)29-21)25-22(14-15)30-20-11-5-3-9-18(20)28-25/h1-14,27H,26H2. The van der Waals surface area contributed by atoms with E-state index in [1.165, 1.54) is 0 Å². The van der Waals surface area contributed by atoms with Crippen LogP contribution in [-0.2, 0) is 0 Å². The van der Waals surface area contributed by atoms with Crippen LogP contribution in [-0.4, -0.2) is 9.97 Å². The summed E-state index contributed by atoms with van der Waals surface area (Å²) in [5.74, 6) is 0.660. The van der Waals surface area contributed by atoms with E-state index in [1.54, 1.807) is 11.8 Å². The van der Waals surface area contributed by atoms with Gasteiger partial charge < -0.3 is 19.6 Å². The van der Waals surface area contributed by atoms with Gasteiger partial charge in [-0.3, -0.25) is 0 Å². The predicted octanol–water partition coefficient (Wildman–Crippen LogP) is 6.59. The van der Waals surface area contributed by atoms with Gasteiger partial charge in [-0.05, 0) is 48.5 Å². The van der Waals surface area contributed by atoms with Crippen molar-refractivity contribution in [3.63, 3.8) is 0 Å². The van der Waals surface area contributed by atoms with Crippen LogP contribution in [0.15, 0.2) is 104 Å². The molecule has 3 aromatic rings. The van der Waals surface area contributed by atoms with Crippen molar-refractivity contribution in [3.8, 4) is 11.5 Å². The third kappa shape index (κ3) is 3.17. The van der Waals surface area contributed by atoms with E-state index in [4.69, 9.17) is 19.6 Å². The Bertz CT molecular complexity index is 1640. The molecule has 2 heterocycles. The van der Waals surface area contributed by atoms with Gasteiger partial charge in [-0.1, -0.05) is 48.2 Å². The lowest BCUT2D eigenvalue weighted by Crippen LogP contribution is -1.91. The van der Waals surface area contributed by atoms with Crippen molar-refractivity contribution in [1.29, 1.82) is 0 Å². The molecule has 0 aromatic heterocycles. The summed E-state index contributed by atoms with van der Waals surface area (Å²) in [6, 6.07) is 27.4. The van der Waals surface area contributed by atoms with E-state index in [-0.39, 0.29) is 0 Å². The number of nitrogens with zero attached hydrogens (tertiary/aromatic N) is 1. The van der Waals surface area contributed by atoms with Gasteiger partial charge in [0.05, 0.1) is 5.52 Å². The highest BCUT2D eigenvalue weighted by atomic mass is 32.2. The second kappa shape index (κ2) is 7.11. The Hall–Kier alpha value is -3.90. The van der Waals surface area contributed by atoms with Gasteiger partial charge in [-0.15, -0.1) is 0 Å². The molecular weight excluding hydrogens is 406 g/mol. The van der Waals surface area contributed by atoms with Gasteiger partial charge in [-0.25, -0.2) is 4.98 Å². The largest absolute Gasteiger partial charge is 0.453 e. The summed E-state index contributed by atoms with van der Waals surface area (Å²) in [5.41, 5.74) is 11.5. The molecule has 31 heavy (non-hydrogen) atoms. The van der Waals surface area contributed by atoms with Crippen LogP contribution in [0.1, 0.15) is 0 Å². The topological polar surface area (TPSA) is 81.0 Å². The number of rotatable bonds is 2. The summed E-state index contributed by atoms with van der Waals surface area (Å²) in [6.07, 6.45) is 0. The molecule has 6 rings (SSSR count). The number of hydrogen-bond acceptors (Lipinski definition) is 5. The number of nitrogen functional groups attached to an aromatic ring is 1. The molecule has 0 radical (unpaired) electrons. The van der Waals surface area contributed by atoms with Crippen LogP contribution >= 0.6 is 11.8 Å². The van der Waals surface area contributed by atoms with Crippen LogP contribution in [0.4, 0.5) is 5.69 Å². The summed E-state index contributed by atoms with van der Waals surface area (Å²) in [7, 11) is 0. The summed E-state index contributed by atoms with van der Waals surface area (Å²) in [5, 5.41) is 0.774. The molecule has 0 spiro atoms. The first-order valence-electron chi connectivity index (χ1n) is 9.85. The van der Waals surface area contributed by atoms with Gasteiger partial charge in [0.1, 0.15) is 16.6 Å². The van der Waals surface area contributed by atoms with Crippen LogP contribution < -0.4 is 5.73 Å². The van der Waals surface area contributed by atoms with Gasteiger partial charge in [0, 0.05) is 15.5 Å². The molecule has 3 aromatic carbocycles. The summed E-state index contributed by atoms with van der Waals surface area (Å²) < 4.78 is 12.5. The minimum atomic E-state index is 0.660. The summed E-state index contributed by atoms with van der Waals surface area (Å²) in [4.78, 5) is 10.3. The monoisotopic (exact) mass is 423 g/mol. The van der Waals surface area contributed by atoms with Crippen molar-refractivity contribution in [2.24, 2.45) is 0 Å². The Balaban J connectivity index is 1.73. The molecule has 5 nitrogen and oxygen atoms in total. The lowest BCUT2D eigenvalue weighted by atomic mass is 10.2. The van der Waals surface area contributed by atoms with Crippen LogP contribution in [0.2, 0.25) is 0 Å². The zero-order valence-corrected chi connectivity index (χ0v) is 17.1. The normalized spacial score (nSPS) is 11.5. The highest BCUT2D eigenvalue weighted by Crippen LogP contribution is 2.35. The van der Waals surface area contributed by atoms with Crippen molar-refractivity contribution in [1.82, 2.24) is 9.97 Å². The highest BCUT2D eigenvalue weighted by molar-refractivity contribution is 7.99. The highest BCUT2D eigenvalue weighted by Gasteiger charge is 2.15. The molecule has 1 aliphatic carbocycles. The maximum absolute atomic E-state index is 6.28. The number of benzene rings is 3. The second-order valence-electron chi connectivity index (χ2n) is 7.19. The quantitative estimate of drug-likeness (QED) is 0.307. The molecular formula is C25H17N3O2S. The van der Waals surface area contributed by atoms with E-state index in [0.717, 1.165) is 43.0 Å². The van der Waals surface area contributed by atoms with Gasteiger partial charge >= 0.3 is 0 Å². The number of hydrogen-bond donors (Lipinski definition) is 2.